The number of hydrogen-bond acceptors (Lipinski definition) is 8. The van der Waals surface area contributed by atoms with Gasteiger partial charge in [0.2, 0.25) is 11.8 Å². The lowest BCUT2D eigenvalue weighted by Gasteiger charge is -2.57. The van der Waals surface area contributed by atoms with E-state index in [-0.39, 0.29) is 46.7 Å². The van der Waals surface area contributed by atoms with Crippen LogP contribution >= 0.6 is 0 Å². The number of piperazine rings is 1. The minimum atomic E-state index is -0.967. The average Bonchev–Trinajstić information content (AvgIpc) is 3.26. The highest BCUT2D eigenvalue weighted by atomic mass is 16.2. The van der Waals surface area contributed by atoms with Crippen molar-refractivity contribution < 1.29 is 24.0 Å². The average molecular weight is 629 g/mol. The zero-order valence-electron chi connectivity index (χ0n) is 27.2. The third-order valence-corrected chi connectivity index (χ3v) is 10.0. The Balaban J connectivity index is 0.935. The van der Waals surface area contributed by atoms with Gasteiger partial charge in [0.15, 0.2) is 0 Å². The molecule has 2 aromatic carbocycles. The third-order valence-electron chi connectivity index (χ3n) is 10.0. The number of fused-ring (bicyclic) bond motifs is 1. The smallest absolute Gasteiger partial charge is 0.262 e. The van der Waals surface area contributed by atoms with Gasteiger partial charge in [0.05, 0.1) is 11.1 Å². The molecule has 11 nitrogen and oxygen atoms in total. The standard InChI is InChI=1S/C35H44N6O5/c1-34(2)21-35(3,4)33(34)38-29(43)22-6-9-24(10-7-22)40-18-16-39(17-19-40)15-5-14-36-23-8-11-25-26(20-23)32(46)41(31(25)45)27-12-13-28(42)37-30(27)44/h6-11,20,27,33,36H,5,12-19,21H2,1-4H3,(H,38,43)(H,37,42,44). The molecule has 2 saturated heterocycles. The largest absolute Gasteiger partial charge is 0.385 e. The summed E-state index contributed by atoms with van der Waals surface area (Å²) in [5.41, 5.74) is 3.34. The van der Waals surface area contributed by atoms with Gasteiger partial charge in [-0.05, 0) is 79.1 Å². The number of benzene rings is 2. The molecule has 1 aliphatic carbocycles. The Labute approximate surface area is 270 Å². The maximum absolute atomic E-state index is 13.1. The van der Waals surface area contributed by atoms with Gasteiger partial charge in [0.25, 0.3) is 17.7 Å². The van der Waals surface area contributed by atoms with Gasteiger partial charge in [-0.2, -0.15) is 0 Å². The van der Waals surface area contributed by atoms with E-state index in [4.69, 9.17) is 0 Å². The molecule has 3 N–H and O–H groups in total. The molecule has 6 rings (SSSR count). The number of piperidine rings is 1. The van der Waals surface area contributed by atoms with Crippen LogP contribution in [0.25, 0.3) is 0 Å². The minimum Gasteiger partial charge on any atom is -0.385 e. The highest BCUT2D eigenvalue weighted by Crippen LogP contribution is 2.53. The minimum absolute atomic E-state index is 0.00926. The molecule has 5 amide bonds. The van der Waals surface area contributed by atoms with Crippen LogP contribution in [0.15, 0.2) is 42.5 Å². The van der Waals surface area contributed by atoms with Crippen molar-refractivity contribution in [2.75, 3.05) is 49.5 Å². The Morgan fingerprint density at radius 2 is 1.57 bits per heavy atom. The normalized spacial score (nSPS) is 22.7. The van der Waals surface area contributed by atoms with E-state index in [2.05, 4.69) is 53.4 Å². The van der Waals surface area contributed by atoms with Crippen LogP contribution in [0, 0.1) is 10.8 Å². The number of imide groups is 2. The van der Waals surface area contributed by atoms with Crippen LogP contribution in [0.4, 0.5) is 11.4 Å². The van der Waals surface area contributed by atoms with Crippen molar-refractivity contribution in [3.8, 4) is 0 Å². The van der Waals surface area contributed by atoms with Crippen molar-refractivity contribution >= 4 is 40.9 Å². The Bertz CT molecular complexity index is 1550. The summed E-state index contributed by atoms with van der Waals surface area (Å²) < 4.78 is 0. The lowest BCUT2D eigenvalue weighted by Crippen LogP contribution is -2.63. The molecule has 2 aromatic rings. The fourth-order valence-electron chi connectivity index (χ4n) is 8.08. The number of carbonyl (C=O) groups excluding carboxylic acids is 5. The summed E-state index contributed by atoms with van der Waals surface area (Å²) in [6.07, 6.45) is 2.24. The highest BCUT2D eigenvalue weighted by molar-refractivity contribution is 6.23. The Kier molecular flexibility index (Phi) is 8.39. The topological polar surface area (TPSA) is 131 Å². The van der Waals surface area contributed by atoms with Crippen molar-refractivity contribution in [1.29, 1.82) is 0 Å². The van der Waals surface area contributed by atoms with Crippen molar-refractivity contribution in [3.63, 3.8) is 0 Å². The zero-order chi connectivity index (χ0) is 32.8. The van der Waals surface area contributed by atoms with E-state index >= 15 is 0 Å². The SMILES string of the molecule is CC1(C)CC(C)(C)C1NC(=O)c1ccc(N2CCN(CCCNc3ccc4c(c3)C(=O)N(C3CCC(=O)NC3=O)C4=O)CC2)cc1. The van der Waals surface area contributed by atoms with Gasteiger partial charge >= 0.3 is 0 Å². The van der Waals surface area contributed by atoms with E-state index in [0.717, 1.165) is 61.8 Å². The Morgan fingerprint density at radius 3 is 2.22 bits per heavy atom. The van der Waals surface area contributed by atoms with Gasteiger partial charge in [-0.15, -0.1) is 0 Å². The molecule has 46 heavy (non-hydrogen) atoms. The monoisotopic (exact) mass is 628 g/mol. The van der Waals surface area contributed by atoms with Crippen molar-refractivity contribution in [2.45, 2.75) is 65.5 Å². The molecule has 1 atom stereocenters. The molecule has 0 bridgehead atoms. The van der Waals surface area contributed by atoms with Gasteiger partial charge in [0.1, 0.15) is 6.04 Å². The number of carbonyl (C=O) groups is 5. The zero-order valence-corrected chi connectivity index (χ0v) is 27.2. The van der Waals surface area contributed by atoms with Gasteiger partial charge in [-0.3, -0.25) is 39.1 Å². The predicted octanol–water partition coefficient (Wildman–Crippen LogP) is 3.27. The van der Waals surface area contributed by atoms with E-state index in [9.17, 15) is 24.0 Å². The Hall–Kier alpha value is -4.25. The van der Waals surface area contributed by atoms with E-state index in [1.54, 1.807) is 18.2 Å². The summed E-state index contributed by atoms with van der Waals surface area (Å²) in [5, 5.41) is 8.85. The van der Waals surface area contributed by atoms with Gasteiger partial charge in [0, 0.05) is 62.1 Å². The van der Waals surface area contributed by atoms with Crippen LogP contribution in [-0.4, -0.2) is 90.7 Å². The van der Waals surface area contributed by atoms with E-state index in [1.807, 2.05) is 24.3 Å². The van der Waals surface area contributed by atoms with Crippen LogP contribution < -0.4 is 20.9 Å². The first kappa shape index (κ1) is 31.7. The first-order valence-corrected chi connectivity index (χ1v) is 16.3. The van der Waals surface area contributed by atoms with E-state index in [0.29, 0.717) is 12.1 Å². The number of nitrogens with zero attached hydrogens (tertiary/aromatic N) is 3. The summed E-state index contributed by atoms with van der Waals surface area (Å²) in [6, 6.07) is 12.2. The fraction of sp³-hybridized carbons (Fsp3) is 0.514. The maximum Gasteiger partial charge on any atom is 0.262 e. The van der Waals surface area contributed by atoms with Crippen molar-refractivity contribution in [3.05, 3.63) is 59.2 Å². The van der Waals surface area contributed by atoms with Crippen LogP contribution in [0.5, 0.6) is 0 Å². The van der Waals surface area contributed by atoms with E-state index < -0.39 is 29.7 Å². The molecule has 1 unspecified atom stereocenters. The quantitative estimate of drug-likeness (QED) is 0.285. The molecule has 4 aliphatic rings. The van der Waals surface area contributed by atoms with Crippen molar-refractivity contribution in [2.24, 2.45) is 10.8 Å². The van der Waals surface area contributed by atoms with E-state index in [1.165, 1.54) is 0 Å². The molecule has 3 fully saturated rings. The number of nitrogens with one attached hydrogen (secondary N) is 3. The summed E-state index contributed by atoms with van der Waals surface area (Å²) >= 11 is 0. The lowest BCUT2D eigenvalue weighted by molar-refractivity contribution is -0.136. The molecule has 3 heterocycles. The summed E-state index contributed by atoms with van der Waals surface area (Å²) in [4.78, 5) is 68.5. The van der Waals surface area contributed by atoms with Gasteiger partial charge in [-0.1, -0.05) is 27.7 Å². The van der Waals surface area contributed by atoms with Crippen LogP contribution in [0.2, 0.25) is 0 Å². The van der Waals surface area contributed by atoms with Crippen molar-refractivity contribution in [1.82, 2.24) is 20.4 Å². The molecule has 0 spiro atoms. The molecule has 3 aliphatic heterocycles. The second-order valence-electron chi connectivity index (χ2n) is 14.4. The predicted molar refractivity (Wildman–Crippen MR) is 175 cm³/mol. The fourth-order valence-corrected chi connectivity index (χ4v) is 8.08. The molecule has 0 radical (unpaired) electrons. The molecule has 0 aromatic heterocycles. The molecule has 11 heteroatoms. The number of amides is 5. The first-order valence-electron chi connectivity index (χ1n) is 16.3. The first-order chi connectivity index (χ1) is 21.8. The van der Waals surface area contributed by atoms with Gasteiger partial charge in [-0.25, -0.2) is 0 Å². The van der Waals surface area contributed by atoms with Crippen LogP contribution in [0.3, 0.4) is 0 Å². The molecule has 1 saturated carbocycles. The molecular weight excluding hydrogens is 584 g/mol. The second kappa shape index (κ2) is 12.2. The maximum atomic E-state index is 13.1. The third kappa shape index (κ3) is 6.12. The number of anilines is 2. The molecule has 244 valence electrons. The Morgan fingerprint density at radius 1 is 0.891 bits per heavy atom. The highest BCUT2D eigenvalue weighted by Gasteiger charge is 2.53. The van der Waals surface area contributed by atoms with Crippen LogP contribution in [0.1, 0.15) is 84.5 Å². The number of hydrogen-bond donors (Lipinski definition) is 3. The lowest BCUT2D eigenvalue weighted by atomic mass is 9.52. The number of rotatable bonds is 9. The summed E-state index contributed by atoms with van der Waals surface area (Å²) in [6.45, 7) is 14.2. The summed E-state index contributed by atoms with van der Waals surface area (Å²) in [7, 11) is 0. The van der Waals surface area contributed by atoms with Gasteiger partial charge < -0.3 is 15.5 Å². The molecular formula is C35H44N6O5. The second-order valence-corrected chi connectivity index (χ2v) is 14.4. The summed E-state index contributed by atoms with van der Waals surface area (Å²) in [5.74, 6) is -2.02. The van der Waals surface area contributed by atoms with Crippen LogP contribution in [-0.2, 0) is 9.59 Å².